The molecule has 9 heavy (non-hydrogen) atoms. The number of aryl methyl sites for hydroxylation is 1. The molecule has 0 saturated heterocycles. The summed E-state index contributed by atoms with van der Waals surface area (Å²) in [5.41, 5.74) is 2.76. The molecule has 0 aliphatic rings. The first kappa shape index (κ1) is 6.41. The van der Waals surface area contributed by atoms with Gasteiger partial charge in [0.15, 0.2) is 0 Å². The van der Waals surface area contributed by atoms with E-state index in [4.69, 9.17) is 0 Å². The molecule has 0 N–H and O–H groups in total. The summed E-state index contributed by atoms with van der Waals surface area (Å²) in [6, 6.07) is 8.66. The second kappa shape index (κ2) is 2.72. The lowest BCUT2D eigenvalue weighted by Gasteiger charge is -1.94. The van der Waals surface area contributed by atoms with E-state index in [9.17, 15) is 0 Å². The summed E-state index contributed by atoms with van der Waals surface area (Å²) in [5, 5.41) is 0. The predicted molar refractivity (Wildman–Crippen MR) is 44.0 cm³/mol. The van der Waals surface area contributed by atoms with Crippen molar-refractivity contribution in [1.82, 2.24) is 0 Å². The van der Waals surface area contributed by atoms with E-state index in [2.05, 4.69) is 39.0 Å². The molecule has 1 heteroatoms. The molecule has 0 aliphatic carbocycles. The highest BCUT2D eigenvalue weighted by molar-refractivity contribution is 6.32. The Morgan fingerprint density at radius 3 is 2.22 bits per heavy atom. The zero-order valence-corrected chi connectivity index (χ0v) is 6.02. The SMILES string of the molecule is Bc1ccc(CC)cc1. The van der Waals surface area contributed by atoms with E-state index in [0.29, 0.717) is 0 Å². The third kappa shape index (κ3) is 1.60. The highest BCUT2D eigenvalue weighted by Gasteiger charge is 1.84. The number of rotatable bonds is 1. The van der Waals surface area contributed by atoms with E-state index < -0.39 is 0 Å². The molecule has 0 aromatic heterocycles. The molecule has 46 valence electrons. The maximum atomic E-state index is 2.18. The van der Waals surface area contributed by atoms with Crippen molar-refractivity contribution in [2.45, 2.75) is 13.3 Å². The molecule has 0 heterocycles. The fourth-order valence-corrected chi connectivity index (χ4v) is 0.824. The van der Waals surface area contributed by atoms with Crippen LogP contribution in [-0.4, -0.2) is 7.85 Å². The quantitative estimate of drug-likeness (QED) is 0.471. The largest absolute Gasteiger partial charge is 0.139 e. The van der Waals surface area contributed by atoms with Crippen LogP contribution in [-0.2, 0) is 6.42 Å². The molecule has 0 fully saturated rings. The van der Waals surface area contributed by atoms with Gasteiger partial charge in [0.05, 0.1) is 0 Å². The van der Waals surface area contributed by atoms with E-state index >= 15 is 0 Å². The normalized spacial score (nSPS) is 9.44. The first-order valence-corrected chi connectivity index (χ1v) is 3.38. The van der Waals surface area contributed by atoms with E-state index in [1.54, 1.807) is 0 Å². The zero-order valence-electron chi connectivity index (χ0n) is 6.02. The Labute approximate surface area is 57.3 Å². The topological polar surface area (TPSA) is 0 Å². The molecule has 0 unspecified atom stereocenters. The Morgan fingerprint density at radius 1 is 1.22 bits per heavy atom. The van der Waals surface area contributed by atoms with Crippen LogP contribution in [0.3, 0.4) is 0 Å². The molecule has 0 saturated carbocycles. The summed E-state index contributed by atoms with van der Waals surface area (Å²) in [6.07, 6.45) is 1.14. The average Bonchev–Trinajstić information content (AvgIpc) is 1.90. The van der Waals surface area contributed by atoms with Gasteiger partial charge in [-0.1, -0.05) is 36.7 Å². The smallest absolute Gasteiger partial charge is 0.0889 e. The van der Waals surface area contributed by atoms with Crippen molar-refractivity contribution in [2.75, 3.05) is 0 Å². The van der Waals surface area contributed by atoms with Crippen LogP contribution in [0, 0.1) is 0 Å². The van der Waals surface area contributed by atoms with Gasteiger partial charge in [0.2, 0.25) is 0 Å². The van der Waals surface area contributed by atoms with Gasteiger partial charge in [-0.25, -0.2) is 0 Å². The highest BCUT2D eigenvalue weighted by atomic mass is 13.9. The van der Waals surface area contributed by atoms with Gasteiger partial charge in [0.25, 0.3) is 0 Å². The molecule has 0 radical (unpaired) electrons. The molecular formula is C8H11B. The van der Waals surface area contributed by atoms with E-state index in [1.165, 1.54) is 11.0 Å². The lowest BCUT2D eigenvalue weighted by Crippen LogP contribution is -1.99. The van der Waals surface area contributed by atoms with Crippen molar-refractivity contribution in [3.8, 4) is 0 Å². The standard InChI is InChI=1S/C8H11B/c1-2-7-3-5-8(9)6-4-7/h3-6H,2,9H2,1H3. The van der Waals surface area contributed by atoms with E-state index in [0.717, 1.165) is 6.42 Å². The summed E-state index contributed by atoms with van der Waals surface area (Å²) < 4.78 is 0. The van der Waals surface area contributed by atoms with Crippen molar-refractivity contribution < 1.29 is 0 Å². The Morgan fingerprint density at radius 2 is 1.78 bits per heavy atom. The Bertz CT molecular complexity index is 176. The summed E-state index contributed by atoms with van der Waals surface area (Å²) in [6.45, 7) is 2.17. The maximum absolute atomic E-state index is 2.18. The Kier molecular flexibility index (Phi) is 1.94. The summed E-state index contributed by atoms with van der Waals surface area (Å²) >= 11 is 0. The van der Waals surface area contributed by atoms with Crippen molar-refractivity contribution in [1.29, 1.82) is 0 Å². The van der Waals surface area contributed by atoms with Crippen molar-refractivity contribution in [2.24, 2.45) is 0 Å². The van der Waals surface area contributed by atoms with Gasteiger partial charge in [-0.3, -0.25) is 0 Å². The van der Waals surface area contributed by atoms with Gasteiger partial charge in [0, 0.05) is 0 Å². The van der Waals surface area contributed by atoms with Crippen molar-refractivity contribution in [3.63, 3.8) is 0 Å². The van der Waals surface area contributed by atoms with Gasteiger partial charge >= 0.3 is 0 Å². The molecule has 0 bridgehead atoms. The maximum Gasteiger partial charge on any atom is 0.139 e. The van der Waals surface area contributed by atoms with Crippen LogP contribution in [0.5, 0.6) is 0 Å². The fourth-order valence-electron chi connectivity index (χ4n) is 0.824. The van der Waals surface area contributed by atoms with Gasteiger partial charge in [-0.05, 0) is 12.0 Å². The number of benzene rings is 1. The van der Waals surface area contributed by atoms with Gasteiger partial charge < -0.3 is 0 Å². The number of hydrogen-bond donors (Lipinski definition) is 0. The minimum atomic E-state index is 1.14. The Balaban J connectivity index is 2.88. The second-order valence-electron chi connectivity index (χ2n) is 2.34. The van der Waals surface area contributed by atoms with E-state index in [1.807, 2.05) is 0 Å². The molecule has 1 aromatic carbocycles. The lowest BCUT2D eigenvalue weighted by atomic mass is 9.95. The third-order valence-corrected chi connectivity index (χ3v) is 1.53. The van der Waals surface area contributed by atoms with Crippen LogP contribution in [0.25, 0.3) is 0 Å². The van der Waals surface area contributed by atoms with Crippen LogP contribution in [0.15, 0.2) is 24.3 Å². The van der Waals surface area contributed by atoms with Crippen molar-refractivity contribution in [3.05, 3.63) is 29.8 Å². The Hall–Kier alpha value is -0.715. The van der Waals surface area contributed by atoms with Gasteiger partial charge in [-0.15, -0.1) is 0 Å². The molecule has 0 nitrogen and oxygen atoms in total. The summed E-state index contributed by atoms with van der Waals surface area (Å²) in [7, 11) is 2.11. The predicted octanol–water partition coefficient (Wildman–Crippen LogP) is 0.507. The van der Waals surface area contributed by atoms with Gasteiger partial charge in [-0.2, -0.15) is 0 Å². The van der Waals surface area contributed by atoms with Gasteiger partial charge in [0.1, 0.15) is 7.85 Å². The minimum Gasteiger partial charge on any atom is -0.0889 e. The monoisotopic (exact) mass is 118 g/mol. The van der Waals surface area contributed by atoms with Crippen LogP contribution in [0.1, 0.15) is 12.5 Å². The molecule has 1 rings (SSSR count). The molecule has 0 aliphatic heterocycles. The molecule has 0 amide bonds. The van der Waals surface area contributed by atoms with Crippen LogP contribution < -0.4 is 5.46 Å². The molecule has 0 atom stereocenters. The second-order valence-corrected chi connectivity index (χ2v) is 2.34. The summed E-state index contributed by atoms with van der Waals surface area (Å²) in [5.74, 6) is 0. The summed E-state index contributed by atoms with van der Waals surface area (Å²) in [4.78, 5) is 0. The highest BCUT2D eigenvalue weighted by Crippen LogP contribution is 1.95. The van der Waals surface area contributed by atoms with Crippen molar-refractivity contribution >= 4 is 13.3 Å². The molecular weight excluding hydrogens is 107 g/mol. The zero-order chi connectivity index (χ0) is 6.69. The van der Waals surface area contributed by atoms with Crippen LogP contribution in [0.4, 0.5) is 0 Å². The molecule has 1 aromatic rings. The first-order chi connectivity index (χ1) is 4.33. The minimum absolute atomic E-state index is 1.14. The van der Waals surface area contributed by atoms with E-state index in [-0.39, 0.29) is 0 Å². The van der Waals surface area contributed by atoms with Crippen LogP contribution >= 0.6 is 0 Å². The first-order valence-electron chi connectivity index (χ1n) is 3.38. The van der Waals surface area contributed by atoms with Crippen LogP contribution in [0.2, 0.25) is 0 Å². The average molecular weight is 118 g/mol. The number of hydrogen-bond acceptors (Lipinski definition) is 0. The lowest BCUT2D eigenvalue weighted by molar-refractivity contribution is 1.14. The fraction of sp³-hybridized carbons (Fsp3) is 0.250. The third-order valence-electron chi connectivity index (χ3n) is 1.53. The molecule has 0 spiro atoms.